The first kappa shape index (κ1) is 13.1. The lowest BCUT2D eigenvalue weighted by molar-refractivity contribution is -0.142. The fraction of sp³-hybridized carbons (Fsp3) is 0.455. The minimum Gasteiger partial charge on any atom is -0.481 e. The molecule has 8 nitrogen and oxygen atoms in total. The fourth-order valence-corrected chi connectivity index (χ4v) is 2.00. The van der Waals surface area contributed by atoms with E-state index in [4.69, 9.17) is 5.11 Å². The van der Waals surface area contributed by atoms with E-state index >= 15 is 0 Å². The number of hydrogen-bond donors (Lipinski definition) is 2. The molecule has 2 N–H and O–H groups in total. The van der Waals surface area contributed by atoms with Gasteiger partial charge >= 0.3 is 5.97 Å². The first-order valence-electron chi connectivity index (χ1n) is 5.79. The number of amides is 2. The summed E-state index contributed by atoms with van der Waals surface area (Å²) in [4.78, 5) is 36.0. The summed E-state index contributed by atoms with van der Waals surface area (Å²) in [6.07, 6.45) is 1.20. The van der Waals surface area contributed by atoms with Gasteiger partial charge in [-0.25, -0.2) is 0 Å². The van der Waals surface area contributed by atoms with Crippen molar-refractivity contribution in [3.8, 4) is 0 Å². The Morgan fingerprint density at radius 1 is 1.58 bits per heavy atom. The van der Waals surface area contributed by atoms with E-state index in [0.29, 0.717) is 6.54 Å². The molecule has 19 heavy (non-hydrogen) atoms. The number of hydrogen-bond acceptors (Lipinski definition) is 4. The number of rotatable bonds is 3. The SMILES string of the molecule is Cn1ccc(C(=O)N2CCNC(=O)C2CC(=O)O)n1. The fourth-order valence-electron chi connectivity index (χ4n) is 2.00. The summed E-state index contributed by atoms with van der Waals surface area (Å²) in [5, 5.41) is 15.3. The van der Waals surface area contributed by atoms with Crippen LogP contribution in [0, 0.1) is 0 Å². The molecule has 1 aromatic heterocycles. The standard InChI is InChI=1S/C11H14N4O4/c1-14-4-2-7(13-14)11(19)15-5-3-12-10(18)8(15)6-9(16)17/h2,4,8H,3,5-6H2,1H3,(H,12,18)(H,16,17). The van der Waals surface area contributed by atoms with E-state index in [1.54, 1.807) is 13.2 Å². The van der Waals surface area contributed by atoms with Gasteiger partial charge in [-0.1, -0.05) is 0 Å². The molecule has 1 saturated heterocycles. The highest BCUT2D eigenvalue weighted by molar-refractivity contribution is 5.98. The van der Waals surface area contributed by atoms with Crippen LogP contribution in [-0.4, -0.2) is 56.7 Å². The average Bonchev–Trinajstić information content (AvgIpc) is 2.77. The lowest BCUT2D eigenvalue weighted by Crippen LogP contribution is -2.57. The zero-order chi connectivity index (χ0) is 14.0. The summed E-state index contributed by atoms with van der Waals surface area (Å²) < 4.78 is 1.48. The van der Waals surface area contributed by atoms with Crippen LogP contribution in [0.3, 0.4) is 0 Å². The molecule has 1 unspecified atom stereocenters. The van der Waals surface area contributed by atoms with Gasteiger partial charge in [0.1, 0.15) is 11.7 Å². The maximum absolute atomic E-state index is 12.2. The van der Waals surface area contributed by atoms with E-state index in [-0.39, 0.29) is 12.2 Å². The van der Waals surface area contributed by atoms with E-state index < -0.39 is 30.2 Å². The number of piperazine rings is 1. The van der Waals surface area contributed by atoms with Crippen LogP contribution in [0.5, 0.6) is 0 Å². The molecule has 1 aliphatic rings. The summed E-state index contributed by atoms with van der Waals surface area (Å²) in [5.41, 5.74) is 0.201. The van der Waals surface area contributed by atoms with Gasteiger partial charge in [0, 0.05) is 26.3 Å². The maximum Gasteiger partial charge on any atom is 0.305 e. The van der Waals surface area contributed by atoms with Gasteiger partial charge in [0.05, 0.1) is 6.42 Å². The summed E-state index contributed by atoms with van der Waals surface area (Å²) >= 11 is 0. The molecular weight excluding hydrogens is 252 g/mol. The Bertz CT molecular complexity index is 525. The molecule has 1 atom stereocenters. The van der Waals surface area contributed by atoms with Crippen molar-refractivity contribution < 1.29 is 19.5 Å². The van der Waals surface area contributed by atoms with Gasteiger partial charge in [0.15, 0.2) is 0 Å². The minimum absolute atomic E-state index is 0.201. The Morgan fingerprint density at radius 2 is 2.32 bits per heavy atom. The van der Waals surface area contributed by atoms with Crippen LogP contribution in [0.1, 0.15) is 16.9 Å². The van der Waals surface area contributed by atoms with Crippen LogP contribution in [0.4, 0.5) is 0 Å². The smallest absolute Gasteiger partial charge is 0.305 e. The van der Waals surface area contributed by atoms with Crippen molar-refractivity contribution in [3.63, 3.8) is 0 Å². The molecule has 8 heteroatoms. The van der Waals surface area contributed by atoms with Crippen LogP contribution in [-0.2, 0) is 16.6 Å². The Hall–Kier alpha value is -2.38. The van der Waals surface area contributed by atoms with Crippen molar-refractivity contribution in [1.29, 1.82) is 0 Å². The number of carbonyl (C=O) groups excluding carboxylic acids is 2. The van der Waals surface area contributed by atoms with Gasteiger partial charge in [-0.15, -0.1) is 0 Å². The van der Waals surface area contributed by atoms with E-state index in [9.17, 15) is 14.4 Å². The lowest BCUT2D eigenvalue weighted by atomic mass is 10.1. The number of carboxylic acid groups (broad SMARTS) is 1. The molecule has 2 amide bonds. The highest BCUT2D eigenvalue weighted by Crippen LogP contribution is 2.13. The molecule has 2 rings (SSSR count). The summed E-state index contributed by atoms with van der Waals surface area (Å²) in [6.45, 7) is 0.590. The quantitative estimate of drug-likeness (QED) is 0.717. The monoisotopic (exact) mass is 266 g/mol. The maximum atomic E-state index is 12.2. The third-order valence-corrected chi connectivity index (χ3v) is 2.89. The van der Waals surface area contributed by atoms with Crippen molar-refractivity contribution in [3.05, 3.63) is 18.0 Å². The van der Waals surface area contributed by atoms with Gasteiger partial charge in [-0.05, 0) is 6.07 Å². The highest BCUT2D eigenvalue weighted by atomic mass is 16.4. The third kappa shape index (κ3) is 2.72. The number of carbonyl (C=O) groups is 3. The van der Waals surface area contributed by atoms with E-state index in [2.05, 4.69) is 10.4 Å². The van der Waals surface area contributed by atoms with Crippen molar-refractivity contribution in [2.45, 2.75) is 12.5 Å². The van der Waals surface area contributed by atoms with Crippen molar-refractivity contribution in [1.82, 2.24) is 20.0 Å². The number of carboxylic acids is 1. The van der Waals surface area contributed by atoms with E-state index in [1.807, 2.05) is 0 Å². The van der Waals surface area contributed by atoms with Gasteiger partial charge < -0.3 is 15.3 Å². The van der Waals surface area contributed by atoms with Gasteiger partial charge in [-0.3, -0.25) is 19.1 Å². The van der Waals surface area contributed by atoms with Crippen molar-refractivity contribution in [2.24, 2.45) is 7.05 Å². The zero-order valence-electron chi connectivity index (χ0n) is 10.4. The number of aliphatic carboxylic acids is 1. The Morgan fingerprint density at radius 3 is 2.89 bits per heavy atom. The Balaban J connectivity index is 2.22. The normalized spacial score (nSPS) is 19.1. The number of nitrogens with zero attached hydrogens (tertiary/aromatic N) is 3. The predicted molar refractivity (Wildman–Crippen MR) is 63.3 cm³/mol. The molecule has 0 aromatic carbocycles. The van der Waals surface area contributed by atoms with E-state index in [0.717, 1.165) is 0 Å². The first-order valence-corrected chi connectivity index (χ1v) is 5.79. The van der Waals surface area contributed by atoms with Gasteiger partial charge in [0.25, 0.3) is 5.91 Å². The van der Waals surface area contributed by atoms with Gasteiger partial charge in [-0.2, -0.15) is 5.10 Å². The molecule has 0 spiro atoms. The van der Waals surface area contributed by atoms with Crippen LogP contribution >= 0.6 is 0 Å². The zero-order valence-corrected chi connectivity index (χ0v) is 10.4. The topological polar surface area (TPSA) is 105 Å². The van der Waals surface area contributed by atoms with Crippen molar-refractivity contribution in [2.75, 3.05) is 13.1 Å². The summed E-state index contributed by atoms with van der Waals surface area (Å²) in [6, 6.07) is 0.549. The van der Waals surface area contributed by atoms with E-state index in [1.165, 1.54) is 15.6 Å². The van der Waals surface area contributed by atoms with Crippen LogP contribution in [0.25, 0.3) is 0 Å². The Kier molecular flexibility index (Phi) is 3.50. The molecule has 1 aromatic rings. The number of aromatic nitrogens is 2. The molecule has 0 aliphatic carbocycles. The molecule has 2 heterocycles. The lowest BCUT2D eigenvalue weighted by Gasteiger charge is -2.33. The summed E-state index contributed by atoms with van der Waals surface area (Å²) in [7, 11) is 1.68. The second kappa shape index (κ2) is 5.09. The van der Waals surface area contributed by atoms with Gasteiger partial charge in [0.2, 0.25) is 5.91 Å². The third-order valence-electron chi connectivity index (χ3n) is 2.89. The molecule has 1 aliphatic heterocycles. The highest BCUT2D eigenvalue weighted by Gasteiger charge is 2.35. The second-order valence-corrected chi connectivity index (χ2v) is 4.28. The molecular formula is C11H14N4O4. The van der Waals surface area contributed by atoms with Crippen molar-refractivity contribution >= 4 is 17.8 Å². The minimum atomic E-state index is -1.12. The average molecular weight is 266 g/mol. The largest absolute Gasteiger partial charge is 0.481 e. The molecule has 1 fully saturated rings. The van der Waals surface area contributed by atoms with Crippen LogP contribution < -0.4 is 5.32 Å². The number of aryl methyl sites for hydroxylation is 1. The van der Waals surface area contributed by atoms with Crippen LogP contribution in [0.15, 0.2) is 12.3 Å². The second-order valence-electron chi connectivity index (χ2n) is 4.28. The van der Waals surface area contributed by atoms with Crippen LogP contribution in [0.2, 0.25) is 0 Å². The Labute approximate surface area is 109 Å². The predicted octanol–water partition coefficient (Wildman–Crippen LogP) is -1.16. The molecule has 102 valence electrons. The number of nitrogens with one attached hydrogen (secondary N) is 1. The summed E-state index contributed by atoms with van der Waals surface area (Å²) in [5.74, 6) is -2.00. The first-order chi connectivity index (χ1) is 8.99. The molecule has 0 radical (unpaired) electrons. The molecule has 0 bridgehead atoms. The molecule has 0 saturated carbocycles.